The monoisotopic (exact) mass is 543 g/mol. The molecule has 0 bridgehead atoms. The van der Waals surface area contributed by atoms with Crippen molar-refractivity contribution < 1.29 is 17.9 Å². The second-order valence-electron chi connectivity index (χ2n) is 7.17. The lowest BCUT2D eigenvalue weighted by atomic mass is 10.2. The second-order valence-corrected chi connectivity index (χ2v) is 7.17. The Morgan fingerprint density at radius 3 is 2.50 bits per heavy atom. The number of aliphatic imine (C=N–C) groups is 1. The van der Waals surface area contributed by atoms with Crippen LogP contribution in [0.1, 0.15) is 18.9 Å². The van der Waals surface area contributed by atoms with E-state index in [1.54, 1.807) is 12.1 Å². The number of alkyl halides is 3. The standard InChI is InChI=1S/C20H32F3N5O.HI/c1-3-24-19(25-9-12-28-11-4-10-27(2)13-14-28)26-15-17-5-7-18(8-6-17)29-16-20(21,22)23;/h5-8H,3-4,9-16H2,1-2H3,(H2,24,25,26);1H. The van der Waals surface area contributed by atoms with Crippen LogP contribution in [-0.2, 0) is 6.54 Å². The van der Waals surface area contributed by atoms with Gasteiger partial charge in [0.25, 0.3) is 0 Å². The smallest absolute Gasteiger partial charge is 0.422 e. The van der Waals surface area contributed by atoms with Gasteiger partial charge in [0.2, 0.25) is 0 Å². The largest absolute Gasteiger partial charge is 0.484 e. The van der Waals surface area contributed by atoms with Gasteiger partial charge in [-0.2, -0.15) is 13.2 Å². The van der Waals surface area contributed by atoms with Gasteiger partial charge in [0.15, 0.2) is 12.6 Å². The zero-order valence-electron chi connectivity index (χ0n) is 17.7. The molecule has 1 fully saturated rings. The van der Waals surface area contributed by atoms with Crippen molar-refractivity contribution in [3.63, 3.8) is 0 Å². The second kappa shape index (κ2) is 13.9. The van der Waals surface area contributed by atoms with Crippen LogP contribution in [0.3, 0.4) is 0 Å². The summed E-state index contributed by atoms with van der Waals surface area (Å²) >= 11 is 0. The third kappa shape index (κ3) is 11.2. The first-order chi connectivity index (χ1) is 13.9. The summed E-state index contributed by atoms with van der Waals surface area (Å²) in [5.41, 5.74) is 0.900. The van der Waals surface area contributed by atoms with E-state index in [9.17, 15) is 13.2 Å². The Hall–Kier alpha value is -1.27. The normalized spacial score (nSPS) is 16.5. The van der Waals surface area contributed by atoms with Crippen molar-refractivity contribution in [3.05, 3.63) is 29.8 Å². The average molecular weight is 543 g/mol. The first kappa shape index (κ1) is 26.8. The molecule has 1 saturated heterocycles. The Morgan fingerprint density at radius 2 is 1.83 bits per heavy atom. The van der Waals surface area contributed by atoms with E-state index in [2.05, 4.69) is 32.5 Å². The molecular weight excluding hydrogens is 510 g/mol. The van der Waals surface area contributed by atoms with Crippen LogP contribution in [0.25, 0.3) is 0 Å². The van der Waals surface area contributed by atoms with Crippen molar-refractivity contribution in [1.82, 2.24) is 20.4 Å². The van der Waals surface area contributed by atoms with Crippen LogP contribution >= 0.6 is 24.0 Å². The maximum atomic E-state index is 12.2. The third-order valence-corrected chi connectivity index (χ3v) is 4.62. The fourth-order valence-corrected chi connectivity index (χ4v) is 3.02. The molecule has 0 atom stereocenters. The molecule has 30 heavy (non-hydrogen) atoms. The van der Waals surface area contributed by atoms with Crippen LogP contribution in [0.2, 0.25) is 0 Å². The number of halogens is 4. The molecule has 1 aliphatic rings. The van der Waals surface area contributed by atoms with Gasteiger partial charge in [-0.05, 0) is 51.2 Å². The summed E-state index contributed by atoms with van der Waals surface area (Å²) in [6.07, 6.45) is -3.15. The van der Waals surface area contributed by atoms with E-state index in [4.69, 9.17) is 4.74 Å². The van der Waals surface area contributed by atoms with Crippen LogP contribution in [0.5, 0.6) is 5.75 Å². The van der Waals surface area contributed by atoms with Gasteiger partial charge in [-0.3, -0.25) is 0 Å². The van der Waals surface area contributed by atoms with Gasteiger partial charge in [0, 0.05) is 32.7 Å². The molecule has 6 nitrogen and oxygen atoms in total. The maximum Gasteiger partial charge on any atom is 0.422 e. The van der Waals surface area contributed by atoms with Gasteiger partial charge < -0.3 is 25.2 Å². The van der Waals surface area contributed by atoms with Crippen LogP contribution < -0.4 is 15.4 Å². The number of nitrogens with one attached hydrogen (secondary N) is 2. The highest BCUT2D eigenvalue weighted by molar-refractivity contribution is 14.0. The number of ether oxygens (including phenoxy) is 1. The molecule has 0 radical (unpaired) electrons. The first-order valence-electron chi connectivity index (χ1n) is 10.1. The van der Waals surface area contributed by atoms with Crippen LogP contribution in [0.4, 0.5) is 13.2 Å². The van der Waals surface area contributed by atoms with Crippen molar-refractivity contribution in [2.75, 3.05) is 59.5 Å². The third-order valence-electron chi connectivity index (χ3n) is 4.62. The van der Waals surface area contributed by atoms with E-state index >= 15 is 0 Å². The van der Waals surface area contributed by atoms with E-state index in [0.717, 1.165) is 57.3 Å². The van der Waals surface area contributed by atoms with Gasteiger partial charge in [0.05, 0.1) is 6.54 Å². The Kier molecular flexibility index (Phi) is 12.4. The lowest BCUT2D eigenvalue weighted by Gasteiger charge is -2.21. The summed E-state index contributed by atoms with van der Waals surface area (Å²) in [6.45, 7) is 8.11. The van der Waals surface area contributed by atoms with E-state index in [1.165, 1.54) is 18.6 Å². The first-order valence-corrected chi connectivity index (χ1v) is 10.1. The van der Waals surface area contributed by atoms with Gasteiger partial charge in [-0.1, -0.05) is 12.1 Å². The molecule has 1 heterocycles. The molecule has 1 aliphatic heterocycles. The van der Waals surface area contributed by atoms with Crippen LogP contribution in [0, 0.1) is 0 Å². The molecule has 0 aromatic heterocycles. The summed E-state index contributed by atoms with van der Waals surface area (Å²) < 4.78 is 41.3. The van der Waals surface area contributed by atoms with Crippen molar-refractivity contribution in [2.45, 2.75) is 26.1 Å². The molecule has 1 aromatic rings. The van der Waals surface area contributed by atoms with E-state index in [-0.39, 0.29) is 29.7 Å². The number of benzene rings is 1. The molecule has 2 N–H and O–H groups in total. The highest BCUT2D eigenvalue weighted by atomic mass is 127. The lowest BCUT2D eigenvalue weighted by molar-refractivity contribution is -0.153. The number of rotatable bonds is 8. The number of likely N-dealkylation sites (N-methyl/N-ethyl adjacent to an activating group) is 1. The summed E-state index contributed by atoms with van der Waals surface area (Å²) in [6, 6.07) is 6.53. The van der Waals surface area contributed by atoms with Crippen molar-refractivity contribution in [2.24, 2.45) is 4.99 Å². The minimum atomic E-state index is -4.33. The van der Waals surface area contributed by atoms with Gasteiger partial charge in [-0.15, -0.1) is 24.0 Å². The van der Waals surface area contributed by atoms with Gasteiger partial charge in [-0.25, -0.2) is 4.99 Å². The Morgan fingerprint density at radius 1 is 1.10 bits per heavy atom. The molecule has 0 amide bonds. The van der Waals surface area contributed by atoms with Gasteiger partial charge in [0.1, 0.15) is 5.75 Å². The number of hydrogen-bond donors (Lipinski definition) is 2. The Labute approximate surface area is 194 Å². The average Bonchev–Trinajstić information content (AvgIpc) is 2.89. The van der Waals surface area contributed by atoms with Crippen molar-refractivity contribution in [1.29, 1.82) is 0 Å². The highest BCUT2D eigenvalue weighted by Gasteiger charge is 2.28. The quantitative estimate of drug-likeness (QED) is 0.300. The Balaban J connectivity index is 0.00000450. The Bertz CT molecular complexity index is 628. The summed E-state index contributed by atoms with van der Waals surface area (Å²) in [4.78, 5) is 9.38. The molecule has 0 aliphatic carbocycles. The predicted molar refractivity (Wildman–Crippen MR) is 125 cm³/mol. The van der Waals surface area contributed by atoms with Gasteiger partial charge >= 0.3 is 6.18 Å². The zero-order valence-corrected chi connectivity index (χ0v) is 20.0. The SMILES string of the molecule is CCNC(=NCc1ccc(OCC(F)(F)F)cc1)NCCN1CCCN(C)CC1.I. The fourth-order valence-electron chi connectivity index (χ4n) is 3.02. The molecular formula is C20H33F3IN5O. The fraction of sp³-hybridized carbons (Fsp3) is 0.650. The van der Waals surface area contributed by atoms with Crippen molar-refractivity contribution in [3.8, 4) is 5.75 Å². The molecule has 0 saturated carbocycles. The maximum absolute atomic E-state index is 12.2. The van der Waals surface area contributed by atoms with Crippen LogP contribution in [-0.4, -0.2) is 81.4 Å². The molecule has 0 unspecified atom stereocenters. The summed E-state index contributed by atoms with van der Waals surface area (Å²) in [7, 11) is 2.16. The summed E-state index contributed by atoms with van der Waals surface area (Å²) in [5.74, 6) is 0.931. The minimum absolute atomic E-state index is 0. The molecule has 1 aromatic carbocycles. The predicted octanol–water partition coefficient (Wildman–Crippen LogP) is 2.94. The minimum Gasteiger partial charge on any atom is -0.484 e. The summed E-state index contributed by atoms with van der Waals surface area (Å²) in [5, 5.41) is 6.57. The molecule has 172 valence electrons. The molecule has 10 heteroatoms. The van der Waals surface area contributed by atoms with E-state index in [0.29, 0.717) is 6.54 Å². The zero-order chi connectivity index (χ0) is 21.1. The highest BCUT2D eigenvalue weighted by Crippen LogP contribution is 2.19. The number of nitrogens with zero attached hydrogens (tertiary/aromatic N) is 3. The van der Waals surface area contributed by atoms with E-state index in [1.807, 2.05) is 6.92 Å². The van der Waals surface area contributed by atoms with Crippen molar-refractivity contribution >= 4 is 29.9 Å². The molecule has 2 rings (SSSR count). The van der Waals surface area contributed by atoms with Crippen LogP contribution in [0.15, 0.2) is 29.3 Å². The lowest BCUT2D eigenvalue weighted by Crippen LogP contribution is -2.42. The number of guanidine groups is 1. The van der Waals surface area contributed by atoms with E-state index < -0.39 is 12.8 Å². The topological polar surface area (TPSA) is 52.1 Å². The molecule has 0 spiro atoms. The number of hydrogen-bond acceptors (Lipinski definition) is 4.